The second-order valence-corrected chi connectivity index (χ2v) is 8.66. The SMILES string of the molecule is Cc1nnc(NC(=O)C(COC(C)C)Oc2nc(-c3ccccc3Cl)nc3[nH]ncc23)s1. The van der Waals surface area contributed by atoms with Crippen molar-refractivity contribution in [2.75, 3.05) is 11.9 Å². The van der Waals surface area contributed by atoms with E-state index in [2.05, 4.69) is 35.7 Å². The summed E-state index contributed by atoms with van der Waals surface area (Å²) in [5, 5.41) is 19.5. The number of hydrogen-bond acceptors (Lipinski definition) is 9. The number of carbonyl (C=O) groups excluding carboxylic acids is 1. The molecule has 0 radical (unpaired) electrons. The van der Waals surface area contributed by atoms with Crippen LogP contribution >= 0.6 is 22.9 Å². The van der Waals surface area contributed by atoms with Crippen molar-refractivity contribution in [2.45, 2.75) is 33.0 Å². The van der Waals surface area contributed by atoms with Gasteiger partial charge in [-0.3, -0.25) is 15.2 Å². The van der Waals surface area contributed by atoms with E-state index < -0.39 is 12.0 Å². The maximum absolute atomic E-state index is 13.0. The normalized spacial score (nSPS) is 12.3. The molecule has 2 N–H and O–H groups in total. The zero-order valence-corrected chi connectivity index (χ0v) is 19.1. The van der Waals surface area contributed by atoms with Crippen LogP contribution in [0.5, 0.6) is 5.88 Å². The summed E-state index contributed by atoms with van der Waals surface area (Å²) in [6.07, 6.45) is 0.428. The van der Waals surface area contributed by atoms with Crippen LogP contribution in [0, 0.1) is 6.92 Å². The number of halogens is 1. The van der Waals surface area contributed by atoms with E-state index in [0.29, 0.717) is 32.6 Å². The lowest BCUT2D eigenvalue weighted by Crippen LogP contribution is -2.38. The number of H-pyrrole nitrogens is 1. The predicted octanol–water partition coefficient (Wildman–Crippen LogP) is 3.64. The van der Waals surface area contributed by atoms with Crippen LogP contribution in [0.1, 0.15) is 18.9 Å². The third-order valence-corrected chi connectivity index (χ3v) is 5.36. The lowest BCUT2D eigenvalue weighted by Gasteiger charge is -2.19. The highest BCUT2D eigenvalue weighted by atomic mass is 35.5. The van der Waals surface area contributed by atoms with Gasteiger partial charge in [-0.25, -0.2) is 4.98 Å². The van der Waals surface area contributed by atoms with Crippen molar-refractivity contribution < 1.29 is 14.3 Å². The lowest BCUT2D eigenvalue weighted by molar-refractivity contribution is -0.126. The molecule has 4 aromatic rings. The minimum Gasteiger partial charge on any atom is -0.461 e. The molecule has 0 saturated heterocycles. The van der Waals surface area contributed by atoms with E-state index in [1.54, 1.807) is 19.1 Å². The third kappa shape index (κ3) is 5.01. The molecule has 0 spiro atoms. The van der Waals surface area contributed by atoms with Crippen LogP contribution in [0.3, 0.4) is 0 Å². The van der Waals surface area contributed by atoms with Crippen molar-refractivity contribution in [1.82, 2.24) is 30.4 Å². The molecule has 0 bridgehead atoms. The number of carbonyl (C=O) groups is 1. The van der Waals surface area contributed by atoms with Crippen LogP contribution in [-0.4, -0.2) is 55.1 Å². The average Bonchev–Trinajstić information content (AvgIpc) is 3.39. The van der Waals surface area contributed by atoms with Crippen molar-refractivity contribution in [1.29, 1.82) is 0 Å². The van der Waals surface area contributed by atoms with Crippen molar-refractivity contribution in [3.8, 4) is 17.3 Å². The van der Waals surface area contributed by atoms with Crippen molar-refractivity contribution in [2.24, 2.45) is 0 Å². The molecule has 0 saturated carbocycles. The highest BCUT2D eigenvalue weighted by Crippen LogP contribution is 2.30. The second kappa shape index (κ2) is 9.55. The molecule has 1 aromatic carbocycles. The quantitative estimate of drug-likeness (QED) is 0.397. The first-order valence-corrected chi connectivity index (χ1v) is 11.0. The first-order chi connectivity index (χ1) is 15.4. The van der Waals surface area contributed by atoms with Gasteiger partial charge in [0, 0.05) is 5.56 Å². The number of nitrogens with one attached hydrogen (secondary N) is 2. The molecule has 0 aliphatic rings. The molecule has 12 heteroatoms. The molecule has 3 heterocycles. The number of rotatable bonds is 8. The zero-order valence-electron chi connectivity index (χ0n) is 17.5. The number of ether oxygens (including phenoxy) is 2. The summed E-state index contributed by atoms with van der Waals surface area (Å²) in [7, 11) is 0. The number of hydrogen-bond donors (Lipinski definition) is 2. The Morgan fingerprint density at radius 3 is 2.78 bits per heavy atom. The van der Waals surface area contributed by atoms with E-state index in [-0.39, 0.29) is 18.6 Å². The molecule has 0 aliphatic heterocycles. The Balaban J connectivity index is 1.67. The van der Waals surface area contributed by atoms with Gasteiger partial charge in [-0.05, 0) is 32.9 Å². The first kappa shape index (κ1) is 22.1. The van der Waals surface area contributed by atoms with E-state index >= 15 is 0 Å². The number of fused-ring (bicyclic) bond motifs is 1. The van der Waals surface area contributed by atoms with Gasteiger partial charge in [0.25, 0.3) is 5.91 Å². The lowest BCUT2D eigenvalue weighted by atomic mass is 10.2. The van der Waals surface area contributed by atoms with Gasteiger partial charge >= 0.3 is 0 Å². The molecular weight excluding hydrogens is 454 g/mol. The van der Waals surface area contributed by atoms with Gasteiger partial charge in [0.15, 0.2) is 11.5 Å². The number of amides is 1. The van der Waals surface area contributed by atoms with Crippen LogP contribution in [0.2, 0.25) is 5.02 Å². The van der Waals surface area contributed by atoms with E-state index in [9.17, 15) is 4.79 Å². The summed E-state index contributed by atoms with van der Waals surface area (Å²) in [5.74, 6) is 0.0852. The fourth-order valence-corrected chi connectivity index (χ4v) is 3.59. The number of aromatic amines is 1. The molecule has 1 amide bonds. The average molecular weight is 474 g/mol. The standard InChI is InChI=1S/C20H20ClN7O3S/c1-10(2)30-9-15(18(29)25-20-28-26-11(3)32-20)31-19-13-8-22-27-17(13)23-16(24-19)12-6-4-5-7-14(12)21/h4-8,10,15H,9H2,1-3H3,(H,25,28,29)(H,22,23,24,27). The Morgan fingerprint density at radius 2 is 2.06 bits per heavy atom. The van der Waals surface area contributed by atoms with Crippen molar-refractivity contribution in [3.05, 3.63) is 40.5 Å². The smallest absolute Gasteiger partial charge is 0.269 e. The van der Waals surface area contributed by atoms with Gasteiger partial charge in [-0.15, -0.1) is 10.2 Å². The van der Waals surface area contributed by atoms with Gasteiger partial charge in [0.05, 0.1) is 23.9 Å². The molecule has 10 nitrogen and oxygen atoms in total. The van der Waals surface area contributed by atoms with Crippen molar-refractivity contribution in [3.63, 3.8) is 0 Å². The Kier molecular flexibility index (Phi) is 6.58. The maximum Gasteiger partial charge on any atom is 0.269 e. The fourth-order valence-electron chi connectivity index (χ4n) is 2.77. The second-order valence-electron chi connectivity index (χ2n) is 7.07. The summed E-state index contributed by atoms with van der Waals surface area (Å²) in [4.78, 5) is 22.0. The summed E-state index contributed by atoms with van der Waals surface area (Å²) in [6, 6.07) is 7.19. The van der Waals surface area contributed by atoms with Crippen LogP contribution in [0.4, 0.5) is 5.13 Å². The minimum atomic E-state index is -1.01. The highest BCUT2D eigenvalue weighted by molar-refractivity contribution is 7.15. The van der Waals surface area contributed by atoms with Gasteiger partial charge in [0.2, 0.25) is 17.1 Å². The highest BCUT2D eigenvalue weighted by Gasteiger charge is 2.25. The molecule has 1 unspecified atom stereocenters. The van der Waals surface area contributed by atoms with Crippen LogP contribution in [0.15, 0.2) is 30.5 Å². The zero-order chi connectivity index (χ0) is 22.7. The minimum absolute atomic E-state index is 0.00601. The van der Waals surface area contributed by atoms with Crippen LogP contribution in [0.25, 0.3) is 22.4 Å². The van der Waals surface area contributed by atoms with E-state index in [4.69, 9.17) is 21.1 Å². The molecular formula is C20H20ClN7O3S. The Bertz CT molecular complexity index is 1240. The maximum atomic E-state index is 13.0. The predicted molar refractivity (Wildman–Crippen MR) is 121 cm³/mol. The van der Waals surface area contributed by atoms with E-state index in [1.807, 2.05) is 26.0 Å². The fraction of sp³-hybridized carbons (Fsp3) is 0.300. The van der Waals surface area contributed by atoms with Gasteiger partial charge in [-0.1, -0.05) is 35.1 Å². The molecule has 0 fully saturated rings. The van der Waals surface area contributed by atoms with Crippen LogP contribution < -0.4 is 10.1 Å². The number of benzene rings is 1. The number of aryl methyl sites for hydroxylation is 1. The molecule has 4 rings (SSSR count). The topological polar surface area (TPSA) is 128 Å². The van der Waals surface area contributed by atoms with E-state index in [0.717, 1.165) is 5.01 Å². The number of anilines is 1. The molecule has 0 aliphatic carbocycles. The monoisotopic (exact) mass is 473 g/mol. The Labute approximate surface area is 192 Å². The van der Waals surface area contributed by atoms with E-state index in [1.165, 1.54) is 17.5 Å². The third-order valence-electron chi connectivity index (χ3n) is 4.27. The number of aromatic nitrogens is 6. The first-order valence-electron chi connectivity index (χ1n) is 9.76. The molecule has 3 aromatic heterocycles. The summed E-state index contributed by atoms with van der Waals surface area (Å²) < 4.78 is 11.7. The van der Waals surface area contributed by atoms with Gasteiger partial charge in [0.1, 0.15) is 10.4 Å². The largest absolute Gasteiger partial charge is 0.461 e. The summed E-state index contributed by atoms with van der Waals surface area (Å²) in [5.41, 5.74) is 1.08. The van der Waals surface area contributed by atoms with Gasteiger partial charge in [-0.2, -0.15) is 10.1 Å². The molecule has 166 valence electrons. The summed E-state index contributed by atoms with van der Waals surface area (Å²) >= 11 is 7.59. The Morgan fingerprint density at radius 1 is 1.25 bits per heavy atom. The molecule has 32 heavy (non-hydrogen) atoms. The number of nitrogens with zero attached hydrogens (tertiary/aromatic N) is 5. The summed E-state index contributed by atoms with van der Waals surface area (Å²) in [6.45, 7) is 5.55. The molecule has 1 atom stereocenters. The van der Waals surface area contributed by atoms with Crippen LogP contribution in [-0.2, 0) is 9.53 Å². The Hall–Kier alpha value is -3.15. The van der Waals surface area contributed by atoms with Crippen molar-refractivity contribution >= 4 is 45.0 Å². The van der Waals surface area contributed by atoms with Gasteiger partial charge < -0.3 is 9.47 Å².